The number of hydrogen-bond donors (Lipinski definition) is 1. The SMILES string of the molecule is C/C=C\c1ccc(C(=O)O)cc1. The molecule has 0 radical (unpaired) electrons. The zero-order valence-corrected chi connectivity index (χ0v) is 6.82. The van der Waals surface area contributed by atoms with Crippen molar-refractivity contribution in [2.24, 2.45) is 0 Å². The molecule has 0 spiro atoms. The van der Waals surface area contributed by atoms with Gasteiger partial charge >= 0.3 is 5.97 Å². The maximum Gasteiger partial charge on any atom is 0.335 e. The van der Waals surface area contributed by atoms with Crippen LogP contribution in [-0.4, -0.2) is 11.1 Å². The topological polar surface area (TPSA) is 37.3 Å². The molecular weight excluding hydrogens is 152 g/mol. The first-order chi connectivity index (χ1) is 5.74. The van der Waals surface area contributed by atoms with Crippen LogP contribution in [0.1, 0.15) is 22.8 Å². The minimum Gasteiger partial charge on any atom is -0.478 e. The van der Waals surface area contributed by atoms with E-state index in [-0.39, 0.29) is 0 Å². The van der Waals surface area contributed by atoms with Gasteiger partial charge in [-0.2, -0.15) is 0 Å². The molecule has 2 heteroatoms. The molecular formula is C10H10O2. The van der Waals surface area contributed by atoms with Gasteiger partial charge in [0, 0.05) is 0 Å². The van der Waals surface area contributed by atoms with Gasteiger partial charge in [-0.15, -0.1) is 0 Å². The zero-order valence-electron chi connectivity index (χ0n) is 6.82. The van der Waals surface area contributed by atoms with Crippen molar-refractivity contribution in [1.29, 1.82) is 0 Å². The van der Waals surface area contributed by atoms with Crippen molar-refractivity contribution >= 4 is 12.0 Å². The molecule has 0 aliphatic carbocycles. The van der Waals surface area contributed by atoms with Crippen LogP contribution in [0.5, 0.6) is 0 Å². The minimum absolute atomic E-state index is 0.322. The first-order valence-electron chi connectivity index (χ1n) is 3.70. The Morgan fingerprint density at radius 2 is 1.92 bits per heavy atom. The van der Waals surface area contributed by atoms with E-state index in [4.69, 9.17) is 5.11 Å². The van der Waals surface area contributed by atoms with Gasteiger partial charge in [0.25, 0.3) is 0 Å². The number of aromatic carboxylic acids is 1. The summed E-state index contributed by atoms with van der Waals surface area (Å²) in [5.74, 6) is -0.887. The lowest BCUT2D eigenvalue weighted by atomic mass is 10.1. The smallest absolute Gasteiger partial charge is 0.335 e. The van der Waals surface area contributed by atoms with Crippen LogP contribution in [0.4, 0.5) is 0 Å². The summed E-state index contributed by atoms with van der Waals surface area (Å²) in [6, 6.07) is 6.75. The monoisotopic (exact) mass is 162 g/mol. The molecule has 1 aromatic carbocycles. The molecule has 0 aromatic heterocycles. The van der Waals surface area contributed by atoms with Crippen molar-refractivity contribution in [2.45, 2.75) is 6.92 Å². The van der Waals surface area contributed by atoms with E-state index in [1.54, 1.807) is 24.3 Å². The second-order valence-electron chi connectivity index (χ2n) is 2.43. The molecule has 0 saturated heterocycles. The van der Waals surface area contributed by atoms with E-state index in [9.17, 15) is 4.79 Å². The molecule has 0 bridgehead atoms. The molecule has 1 aromatic rings. The molecule has 0 amide bonds. The standard InChI is InChI=1S/C10H10O2/c1-2-3-8-4-6-9(7-5-8)10(11)12/h2-7H,1H3,(H,11,12)/b3-2-. The fourth-order valence-electron chi connectivity index (χ4n) is 0.929. The quantitative estimate of drug-likeness (QED) is 0.725. The highest BCUT2D eigenvalue weighted by Crippen LogP contribution is 2.05. The van der Waals surface area contributed by atoms with E-state index in [2.05, 4.69) is 0 Å². The lowest BCUT2D eigenvalue weighted by Gasteiger charge is -1.94. The highest BCUT2D eigenvalue weighted by atomic mass is 16.4. The van der Waals surface area contributed by atoms with Crippen molar-refractivity contribution < 1.29 is 9.90 Å². The van der Waals surface area contributed by atoms with Gasteiger partial charge in [0.1, 0.15) is 0 Å². The minimum atomic E-state index is -0.887. The lowest BCUT2D eigenvalue weighted by Crippen LogP contribution is -1.94. The van der Waals surface area contributed by atoms with Crippen molar-refractivity contribution in [3.8, 4) is 0 Å². The van der Waals surface area contributed by atoms with Gasteiger partial charge in [-0.05, 0) is 24.6 Å². The van der Waals surface area contributed by atoms with Crippen molar-refractivity contribution in [2.75, 3.05) is 0 Å². The number of allylic oxidation sites excluding steroid dienone is 1. The normalized spacial score (nSPS) is 10.4. The summed E-state index contributed by atoms with van der Waals surface area (Å²) in [7, 11) is 0. The first kappa shape index (κ1) is 8.53. The van der Waals surface area contributed by atoms with Crippen molar-refractivity contribution in [3.63, 3.8) is 0 Å². The van der Waals surface area contributed by atoms with Crippen LogP contribution in [0.3, 0.4) is 0 Å². The second-order valence-corrected chi connectivity index (χ2v) is 2.43. The Balaban J connectivity index is 2.93. The van der Waals surface area contributed by atoms with E-state index in [0.717, 1.165) is 5.56 Å². The summed E-state index contributed by atoms with van der Waals surface area (Å²) < 4.78 is 0. The molecule has 0 aliphatic heterocycles. The first-order valence-corrected chi connectivity index (χ1v) is 3.70. The Hall–Kier alpha value is -1.57. The fourth-order valence-corrected chi connectivity index (χ4v) is 0.929. The number of carboxylic acids is 1. The van der Waals surface area contributed by atoms with Gasteiger partial charge in [0.15, 0.2) is 0 Å². The molecule has 1 rings (SSSR count). The molecule has 0 unspecified atom stereocenters. The Bertz CT molecular complexity index is 296. The van der Waals surface area contributed by atoms with Gasteiger partial charge < -0.3 is 5.11 Å². The molecule has 0 aliphatic rings. The average Bonchev–Trinajstić information content (AvgIpc) is 2.06. The summed E-state index contributed by atoms with van der Waals surface area (Å²) in [5, 5.41) is 8.59. The predicted octanol–water partition coefficient (Wildman–Crippen LogP) is 2.42. The third kappa shape index (κ3) is 1.95. The molecule has 62 valence electrons. The number of benzene rings is 1. The van der Waals surface area contributed by atoms with E-state index < -0.39 is 5.97 Å². The number of hydrogen-bond acceptors (Lipinski definition) is 1. The van der Waals surface area contributed by atoms with Crippen LogP contribution in [0.2, 0.25) is 0 Å². The Kier molecular flexibility index (Phi) is 2.64. The van der Waals surface area contributed by atoms with E-state index in [0.29, 0.717) is 5.56 Å². The van der Waals surface area contributed by atoms with Crippen LogP contribution in [-0.2, 0) is 0 Å². The summed E-state index contributed by atoms with van der Waals surface area (Å²) in [6.07, 6.45) is 3.83. The molecule has 12 heavy (non-hydrogen) atoms. The summed E-state index contributed by atoms with van der Waals surface area (Å²) >= 11 is 0. The van der Waals surface area contributed by atoms with Crippen LogP contribution in [0.15, 0.2) is 30.3 Å². The van der Waals surface area contributed by atoms with Crippen LogP contribution < -0.4 is 0 Å². The van der Waals surface area contributed by atoms with Gasteiger partial charge in [0.2, 0.25) is 0 Å². The zero-order chi connectivity index (χ0) is 8.97. The molecule has 0 atom stereocenters. The molecule has 0 saturated carbocycles. The van der Waals surface area contributed by atoms with E-state index in [1.807, 2.05) is 19.1 Å². The Morgan fingerprint density at radius 3 is 2.33 bits per heavy atom. The largest absolute Gasteiger partial charge is 0.478 e. The van der Waals surface area contributed by atoms with Crippen LogP contribution >= 0.6 is 0 Å². The summed E-state index contributed by atoms with van der Waals surface area (Å²) in [6.45, 7) is 1.92. The van der Waals surface area contributed by atoms with Crippen LogP contribution in [0, 0.1) is 0 Å². The fraction of sp³-hybridized carbons (Fsp3) is 0.100. The maximum atomic E-state index is 10.5. The van der Waals surface area contributed by atoms with Crippen molar-refractivity contribution in [3.05, 3.63) is 41.5 Å². The van der Waals surface area contributed by atoms with Gasteiger partial charge in [-0.1, -0.05) is 24.3 Å². The second kappa shape index (κ2) is 3.72. The summed E-state index contributed by atoms with van der Waals surface area (Å²) in [5.41, 5.74) is 1.34. The maximum absolute atomic E-state index is 10.5. The Morgan fingerprint density at radius 1 is 1.33 bits per heavy atom. The third-order valence-corrected chi connectivity index (χ3v) is 1.52. The number of carboxylic acid groups (broad SMARTS) is 1. The number of rotatable bonds is 2. The van der Waals surface area contributed by atoms with E-state index >= 15 is 0 Å². The molecule has 2 nitrogen and oxygen atoms in total. The molecule has 0 fully saturated rings. The van der Waals surface area contributed by atoms with Gasteiger partial charge in [-0.25, -0.2) is 4.79 Å². The highest BCUT2D eigenvalue weighted by molar-refractivity contribution is 5.87. The molecule has 1 N–H and O–H groups in total. The summed E-state index contributed by atoms with van der Waals surface area (Å²) in [4.78, 5) is 10.5. The van der Waals surface area contributed by atoms with Gasteiger partial charge in [0.05, 0.1) is 5.56 Å². The third-order valence-electron chi connectivity index (χ3n) is 1.52. The average molecular weight is 162 g/mol. The van der Waals surface area contributed by atoms with Crippen molar-refractivity contribution in [1.82, 2.24) is 0 Å². The van der Waals surface area contributed by atoms with Crippen LogP contribution in [0.25, 0.3) is 6.08 Å². The van der Waals surface area contributed by atoms with E-state index in [1.165, 1.54) is 0 Å². The molecule has 0 heterocycles. The van der Waals surface area contributed by atoms with Gasteiger partial charge in [-0.3, -0.25) is 0 Å². The predicted molar refractivity (Wildman–Crippen MR) is 48.1 cm³/mol. The number of carbonyl (C=O) groups is 1. The Labute approximate surface area is 71.2 Å². The highest BCUT2D eigenvalue weighted by Gasteiger charge is 1.99. The lowest BCUT2D eigenvalue weighted by molar-refractivity contribution is 0.0697.